The predicted octanol–water partition coefficient (Wildman–Crippen LogP) is 1.51. The molecule has 98 valence electrons. The average Bonchev–Trinajstić information content (AvgIpc) is 2.35. The maximum absolute atomic E-state index is 10.8. The van der Waals surface area contributed by atoms with Gasteiger partial charge in [-0.05, 0) is 18.6 Å². The smallest absolute Gasteiger partial charge is 0.305 e. The summed E-state index contributed by atoms with van der Waals surface area (Å²) < 4.78 is 9.75. The van der Waals surface area contributed by atoms with Crippen LogP contribution < -0.4 is 10.5 Å². The van der Waals surface area contributed by atoms with Gasteiger partial charge in [-0.2, -0.15) is 0 Å². The van der Waals surface area contributed by atoms with Crippen molar-refractivity contribution < 1.29 is 19.2 Å². The van der Waals surface area contributed by atoms with E-state index in [1.54, 1.807) is 6.07 Å². The highest BCUT2D eigenvalue weighted by Gasteiger charge is 2.12. The molecule has 2 N–H and O–H groups in total. The SMILES string of the molecule is COC(=O)CCCOc1ccc(N)c([N+](=O)[O-])c1. The molecule has 0 saturated carbocycles. The van der Waals surface area contributed by atoms with Crippen LogP contribution in [-0.2, 0) is 9.53 Å². The summed E-state index contributed by atoms with van der Waals surface area (Å²) in [5.41, 5.74) is 5.34. The number of methoxy groups -OCH3 is 1. The fourth-order valence-electron chi connectivity index (χ4n) is 1.28. The number of ether oxygens (including phenoxy) is 2. The molecule has 0 spiro atoms. The first kappa shape index (κ1) is 13.8. The maximum Gasteiger partial charge on any atom is 0.305 e. The zero-order valence-corrected chi connectivity index (χ0v) is 9.92. The Bertz CT molecular complexity index is 447. The first-order valence-corrected chi connectivity index (χ1v) is 5.28. The van der Waals surface area contributed by atoms with Gasteiger partial charge >= 0.3 is 5.97 Å². The summed E-state index contributed by atoms with van der Waals surface area (Å²) in [6, 6.07) is 4.21. The third-order valence-corrected chi connectivity index (χ3v) is 2.22. The van der Waals surface area contributed by atoms with Gasteiger partial charge in [0.1, 0.15) is 11.4 Å². The minimum Gasteiger partial charge on any atom is -0.493 e. The molecule has 1 rings (SSSR count). The Labute approximate surface area is 104 Å². The lowest BCUT2D eigenvalue weighted by Crippen LogP contribution is -2.05. The Balaban J connectivity index is 2.50. The molecular formula is C11H14N2O5. The minimum absolute atomic E-state index is 0.0851. The standard InChI is InChI=1S/C11H14N2O5/c1-17-11(14)3-2-6-18-8-4-5-9(12)10(7-8)13(15)16/h4-5,7H,2-3,6,12H2,1H3. The van der Waals surface area contributed by atoms with Gasteiger partial charge in [-0.1, -0.05) is 0 Å². The molecule has 0 aliphatic rings. The van der Waals surface area contributed by atoms with E-state index in [-0.39, 0.29) is 30.4 Å². The van der Waals surface area contributed by atoms with Gasteiger partial charge in [0.2, 0.25) is 0 Å². The highest BCUT2D eigenvalue weighted by atomic mass is 16.6. The van der Waals surface area contributed by atoms with E-state index in [1.165, 1.54) is 19.2 Å². The van der Waals surface area contributed by atoms with Crippen LogP contribution in [0.25, 0.3) is 0 Å². The Hall–Kier alpha value is -2.31. The van der Waals surface area contributed by atoms with E-state index in [0.29, 0.717) is 12.2 Å². The summed E-state index contributed by atoms with van der Waals surface area (Å²) in [5, 5.41) is 10.6. The first-order chi connectivity index (χ1) is 8.54. The highest BCUT2D eigenvalue weighted by Crippen LogP contribution is 2.26. The van der Waals surface area contributed by atoms with Gasteiger partial charge in [-0.25, -0.2) is 0 Å². The topological polar surface area (TPSA) is 105 Å². The molecule has 0 bridgehead atoms. The van der Waals surface area contributed by atoms with E-state index in [2.05, 4.69) is 4.74 Å². The number of hydrogen-bond donors (Lipinski definition) is 1. The number of hydrogen-bond acceptors (Lipinski definition) is 6. The minimum atomic E-state index is -0.573. The molecule has 0 aromatic heterocycles. The molecule has 0 radical (unpaired) electrons. The molecule has 7 nitrogen and oxygen atoms in total. The number of nitro groups is 1. The van der Waals surface area contributed by atoms with Gasteiger partial charge in [0, 0.05) is 6.42 Å². The van der Waals surface area contributed by atoms with E-state index in [4.69, 9.17) is 10.5 Å². The van der Waals surface area contributed by atoms with Crippen LogP contribution in [0.5, 0.6) is 5.75 Å². The van der Waals surface area contributed by atoms with E-state index >= 15 is 0 Å². The number of nitrogen functional groups attached to an aromatic ring is 1. The van der Waals surface area contributed by atoms with E-state index in [1.807, 2.05) is 0 Å². The van der Waals surface area contributed by atoms with Crippen LogP contribution in [0.2, 0.25) is 0 Å². The number of anilines is 1. The number of carbonyl (C=O) groups is 1. The second-order valence-corrected chi connectivity index (χ2v) is 3.51. The van der Waals surface area contributed by atoms with Gasteiger partial charge in [-0.3, -0.25) is 14.9 Å². The van der Waals surface area contributed by atoms with Crippen LogP contribution in [-0.4, -0.2) is 24.6 Å². The number of esters is 1. The largest absolute Gasteiger partial charge is 0.493 e. The van der Waals surface area contributed by atoms with E-state index in [0.717, 1.165) is 0 Å². The number of nitrogens with zero attached hydrogens (tertiary/aromatic N) is 1. The third kappa shape index (κ3) is 3.93. The molecule has 0 heterocycles. The van der Waals surface area contributed by atoms with Crippen molar-refractivity contribution in [2.45, 2.75) is 12.8 Å². The Morgan fingerprint density at radius 3 is 2.83 bits per heavy atom. The third-order valence-electron chi connectivity index (χ3n) is 2.22. The molecule has 0 amide bonds. The van der Waals surface area contributed by atoms with Crippen molar-refractivity contribution in [3.63, 3.8) is 0 Å². The molecule has 1 aromatic rings. The van der Waals surface area contributed by atoms with Crippen molar-refractivity contribution in [1.82, 2.24) is 0 Å². The molecule has 0 unspecified atom stereocenters. The quantitative estimate of drug-likeness (QED) is 0.271. The molecule has 18 heavy (non-hydrogen) atoms. The Morgan fingerprint density at radius 1 is 1.50 bits per heavy atom. The Kier molecular flexibility index (Phi) is 4.91. The summed E-state index contributed by atoms with van der Waals surface area (Å²) in [5.74, 6) is 0.0302. The van der Waals surface area contributed by atoms with Gasteiger partial charge in [0.25, 0.3) is 5.69 Å². The number of nitro benzene ring substituents is 1. The lowest BCUT2D eigenvalue weighted by molar-refractivity contribution is -0.384. The number of benzene rings is 1. The monoisotopic (exact) mass is 254 g/mol. The molecule has 7 heteroatoms. The fourth-order valence-corrected chi connectivity index (χ4v) is 1.28. The lowest BCUT2D eigenvalue weighted by Gasteiger charge is -2.06. The second kappa shape index (κ2) is 6.43. The summed E-state index contributed by atoms with van der Waals surface area (Å²) in [7, 11) is 1.31. The van der Waals surface area contributed by atoms with Crippen LogP contribution >= 0.6 is 0 Å². The van der Waals surface area contributed by atoms with Gasteiger partial charge in [-0.15, -0.1) is 0 Å². The van der Waals surface area contributed by atoms with Crippen LogP contribution in [0.15, 0.2) is 18.2 Å². The number of rotatable bonds is 6. The van der Waals surface area contributed by atoms with Crippen LogP contribution in [0.4, 0.5) is 11.4 Å². The maximum atomic E-state index is 10.8. The van der Waals surface area contributed by atoms with E-state index < -0.39 is 4.92 Å². The molecular weight excluding hydrogens is 240 g/mol. The van der Waals surface area contributed by atoms with Gasteiger partial charge in [0.15, 0.2) is 0 Å². The van der Waals surface area contributed by atoms with Crippen molar-refractivity contribution in [2.24, 2.45) is 0 Å². The second-order valence-electron chi connectivity index (χ2n) is 3.51. The van der Waals surface area contributed by atoms with Crippen molar-refractivity contribution >= 4 is 17.3 Å². The van der Waals surface area contributed by atoms with Crippen LogP contribution in [0.3, 0.4) is 0 Å². The molecule has 0 aliphatic heterocycles. The van der Waals surface area contributed by atoms with Gasteiger partial charge < -0.3 is 15.2 Å². The number of nitrogens with two attached hydrogens (primary N) is 1. The van der Waals surface area contributed by atoms with Crippen molar-refractivity contribution in [3.8, 4) is 5.75 Å². The number of carbonyl (C=O) groups excluding carboxylic acids is 1. The Morgan fingerprint density at radius 2 is 2.22 bits per heavy atom. The fraction of sp³-hybridized carbons (Fsp3) is 0.364. The highest BCUT2D eigenvalue weighted by molar-refractivity contribution is 5.69. The molecule has 0 aliphatic carbocycles. The molecule has 0 fully saturated rings. The van der Waals surface area contributed by atoms with Crippen molar-refractivity contribution in [3.05, 3.63) is 28.3 Å². The normalized spacial score (nSPS) is 9.83. The summed E-state index contributed by atoms with van der Waals surface area (Å²) in [6.45, 7) is 0.274. The summed E-state index contributed by atoms with van der Waals surface area (Å²) in [6.07, 6.45) is 0.721. The zero-order valence-electron chi connectivity index (χ0n) is 9.92. The van der Waals surface area contributed by atoms with Crippen molar-refractivity contribution in [1.29, 1.82) is 0 Å². The average molecular weight is 254 g/mol. The van der Waals surface area contributed by atoms with Gasteiger partial charge in [0.05, 0.1) is 24.7 Å². The predicted molar refractivity (Wildman–Crippen MR) is 64.3 cm³/mol. The van der Waals surface area contributed by atoms with Crippen molar-refractivity contribution in [2.75, 3.05) is 19.5 Å². The van der Waals surface area contributed by atoms with Crippen LogP contribution in [0.1, 0.15) is 12.8 Å². The van der Waals surface area contributed by atoms with Crippen LogP contribution in [0, 0.1) is 10.1 Å². The first-order valence-electron chi connectivity index (χ1n) is 5.28. The molecule has 0 saturated heterocycles. The lowest BCUT2D eigenvalue weighted by atomic mass is 10.2. The zero-order chi connectivity index (χ0) is 13.5. The molecule has 0 atom stereocenters. The molecule has 1 aromatic carbocycles. The van der Waals surface area contributed by atoms with E-state index in [9.17, 15) is 14.9 Å². The summed E-state index contributed by atoms with van der Waals surface area (Å²) >= 11 is 0. The summed E-state index contributed by atoms with van der Waals surface area (Å²) in [4.78, 5) is 20.9.